The molecular formula is C16H11BrN2O2. The Morgan fingerprint density at radius 2 is 2.05 bits per heavy atom. The molecule has 0 spiro atoms. The van der Waals surface area contributed by atoms with Gasteiger partial charge in [-0.1, -0.05) is 12.1 Å². The van der Waals surface area contributed by atoms with Crippen LogP contribution >= 0.6 is 15.9 Å². The number of rotatable bonds is 2. The lowest BCUT2D eigenvalue weighted by Crippen LogP contribution is -2.12. The number of pyridine rings is 1. The number of phenolic OH excluding ortho intramolecular Hbond substituents is 1. The topological polar surface area (TPSA) is 62.2 Å². The largest absolute Gasteiger partial charge is 0.507 e. The van der Waals surface area contributed by atoms with Crippen molar-refractivity contribution in [1.82, 2.24) is 4.98 Å². The fourth-order valence-corrected chi connectivity index (χ4v) is 2.32. The number of amides is 1. The lowest BCUT2D eigenvalue weighted by atomic mass is 10.1. The monoisotopic (exact) mass is 342 g/mol. The van der Waals surface area contributed by atoms with Crippen LogP contribution in [-0.2, 0) is 0 Å². The van der Waals surface area contributed by atoms with Gasteiger partial charge in [0, 0.05) is 23.3 Å². The Bertz CT molecular complexity index is 828. The standard InChI is InChI=1S/C16H11BrN2O2/c17-13-5-4-11(8-15(13)20)16(21)19-14-3-1-2-10-6-7-18-9-12(10)14/h1-9,20H,(H,19,21). The Labute approximate surface area is 129 Å². The van der Waals surface area contributed by atoms with E-state index in [1.807, 2.05) is 24.3 Å². The van der Waals surface area contributed by atoms with Gasteiger partial charge in [0.05, 0.1) is 10.2 Å². The number of hydrogen-bond donors (Lipinski definition) is 2. The molecule has 0 aliphatic rings. The fourth-order valence-electron chi connectivity index (χ4n) is 2.07. The second-order valence-electron chi connectivity index (χ2n) is 4.52. The number of benzene rings is 2. The number of nitrogens with zero attached hydrogens (tertiary/aromatic N) is 1. The molecule has 2 N–H and O–H groups in total. The highest BCUT2D eigenvalue weighted by molar-refractivity contribution is 9.10. The van der Waals surface area contributed by atoms with Crippen LogP contribution in [0.15, 0.2) is 59.3 Å². The molecule has 104 valence electrons. The molecule has 2 aromatic carbocycles. The molecule has 0 aliphatic heterocycles. The van der Waals surface area contributed by atoms with Gasteiger partial charge in [-0.25, -0.2) is 0 Å². The number of carbonyl (C=O) groups is 1. The van der Waals surface area contributed by atoms with Crippen molar-refractivity contribution in [2.45, 2.75) is 0 Å². The van der Waals surface area contributed by atoms with Crippen molar-refractivity contribution in [2.24, 2.45) is 0 Å². The van der Waals surface area contributed by atoms with Crippen molar-refractivity contribution in [3.05, 3.63) is 64.9 Å². The van der Waals surface area contributed by atoms with Crippen LogP contribution in [-0.4, -0.2) is 16.0 Å². The van der Waals surface area contributed by atoms with E-state index < -0.39 is 0 Å². The van der Waals surface area contributed by atoms with Crippen LogP contribution in [0, 0.1) is 0 Å². The van der Waals surface area contributed by atoms with Gasteiger partial charge in [-0.2, -0.15) is 0 Å². The Morgan fingerprint density at radius 1 is 1.19 bits per heavy atom. The number of aromatic hydroxyl groups is 1. The molecule has 1 amide bonds. The summed E-state index contributed by atoms with van der Waals surface area (Å²) in [6.07, 6.45) is 3.42. The summed E-state index contributed by atoms with van der Waals surface area (Å²) >= 11 is 3.19. The third-order valence-corrected chi connectivity index (χ3v) is 3.81. The Hall–Kier alpha value is -2.40. The summed E-state index contributed by atoms with van der Waals surface area (Å²) in [5.74, 6) is -0.253. The van der Waals surface area contributed by atoms with Gasteiger partial charge in [0.1, 0.15) is 5.75 Å². The number of aromatic nitrogens is 1. The van der Waals surface area contributed by atoms with E-state index >= 15 is 0 Å². The van der Waals surface area contributed by atoms with Gasteiger partial charge >= 0.3 is 0 Å². The summed E-state index contributed by atoms with van der Waals surface area (Å²) in [4.78, 5) is 16.3. The molecule has 0 fully saturated rings. The van der Waals surface area contributed by atoms with Gasteiger partial charge in [-0.3, -0.25) is 9.78 Å². The van der Waals surface area contributed by atoms with Crippen LogP contribution < -0.4 is 5.32 Å². The minimum Gasteiger partial charge on any atom is -0.507 e. The van der Waals surface area contributed by atoms with Crippen molar-refractivity contribution in [2.75, 3.05) is 5.32 Å². The normalized spacial score (nSPS) is 10.5. The van der Waals surface area contributed by atoms with E-state index in [0.717, 1.165) is 10.8 Å². The molecule has 1 aromatic heterocycles. The Kier molecular flexibility index (Phi) is 3.58. The molecule has 3 rings (SSSR count). The van der Waals surface area contributed by atoms with Crippen LogP contribution in [0.3, 0.4) is 0 Å². The fraction of sp³-hybridized carbons (Fsp3) is 0. The second-order valence-corrected chi connectivity index (χ2v) is 5.38. The number of hydrogen-bond acceptors (Lipinski definition) is 3. The van der Waals surface area contributed by atoms with Crippen LogP contribution in [0.25, 0.3) is 10.8 Å². The maximum absolute atomic E-state index is 12.3. The molecule has 0 atom stereocenters. The summed E-state index contributed by atoms with van der Waals surface area (Å²) in [7, 11) is 0. The number of fused-ring (bicyclic) bond motifs is 1. The van der Waals surface area contributed by atoms with Gasteiger partial charge < -0.3 is 10.4 Å². The molecule has 0 saturated carbocycles. The zero-order valence-corrected chi connectivity index (χ0v) is 12.5. The number of halogens is 1. The van der Waals surface area contributed by atoms with E-state index in [1.165, 1.54) is 6.07 Å². The number of carbonyl (C=O) groups excluding carboxylic acids is 1. The summed E-state index contributed by atoms with van der Waals surface area (Å²) in [5, 5.41) is 14.4. The number of phenols is 1. The van der Waals surface area contributed by atoms with Crippen LogP contribution in [0.4, 0.5) is 5.69 Å². The minimum absolute atomic E-state index is 0.0298. The summed E-state index contributed by atoms with van der Waals surface area (Å²) in [6.45, 7) is 0. The van der Waals surface area contributed by atoms with Crippen LogP contribution in [0.2, 0.25) is 0 Å². The first-order valence-corrected chi connectivity index (χ1v) is 7.07. The van der Waals surface area contributed by atoms with Crippen molar-refractivity contribution in [1.29, 1.82) is 0 Å². The predicted octanol–water partition coefficient (Wildman–Crippen LogP) is 3.96. The molecule has 3 aromatic rings. The van der Waals surface area contributed by atoms with Crippen molar-refractivity contribution >= 4 is 38.3 Å². The van der Waals surface area contributed by atoms with Gasteiger partial charge in [0.2, 0.25) is 0 Å². The molecule has 0 bridgehead atoms. The highest BCUT2D eigenvalue weighted by atomic mass is 79.9. The first-order chi connectivity index (χ1) is 10.1. The Morgan fingerprint density at radius 3 is 2.86 bits per heavy atom. The van der Waals surface area contributed by atoms with Gasteiger partial charge in [-0.15, -0.1) is 0 Å². The minimum atomic E-state index is -0.283. The maximum atomic E-state index is 12.3. The predicted molar refractivity (Wildman–Crippen MR) is 85.5 cm³/mol. The molecule has 0 unspecified atom stereocenters. The third kappa shape index (κ3) is 2.73. The van der Waals surface area contributed by atoms with E-state index in [-0.39, 0.29) is 11.7 Å². The lowest BCUT2D eigenvalue weighted by Gasteiger charge is -2.09. The third-order valence-electron chi connectivity index (χ3n) is 3.14. The molecule has 0 aliphatic carbocycles. The molecule has 0 radical (unpaired) electrons. The van der Waals surface area contributed by atoms with E-state index in [0.29, 0.717) is 15.7 Å². The molecule has 4 nitrogen and oxygen atoms in total. The van der Waals surface area contributed by atoms with Crippen molar-refractivity contribution < 1.29 is 9.90 Å². The van der Waals surface area contributed by atoms with Gasteiger partial charge in [0.15, 0.2) is 0 Å². The molecule has 21 heavy (non-hydrogen) atoms. The highest BCUT2D eigenvalue weighted by Crippen LogP contribution is 2.26. The second kappa shape index (κ2) is 5.54. The van der Waals surface area contributed by atoms with Crippen LogP contribution in [0.1, 0.15) is 10.4 Å². The molecular weight excluding hydrogens is 332 g/mol. The van der Waals surface area contributed by atoms with E-state index in [4.69, 9.17) is 0 Å². The smallest absolute Gasteiger partial charge is 0.255 e. The first-order valence-electron chi connectivity index (χ1n) is 6.28. The van der Waals surface area contributed by atoms with Crippen LogP contribution in [0.5, 0.6) is 5.75 Å². The summed E-state index contributed by atoms with van der Waals surface area (Å²) < 4.78 is 0.549. The quantitative estimate of drug-likeness (QED) is 0.741. The van der Waals surface area contributed by atoms with Gasteiger partial charge in [-0.05, 0) is 51.6 Å². The van der Waals surface area contributed by atoms with E-state index in [2.05, 4.69) is 26.2 Å². The average Bonchev–Trinajstić information content (AvgIpc) is 2.50. The zero-order valence-electron chi connectivity index (χ0n) is 10.9. The molecule has 0 saturated heterocycles. The van der Waals surface area contributed by atoms with Crippen molar-refractivity contribution in [3.8, 4) is 5.75 Å². The lowest BCUT2D eigenvalue weighted by molar-refractivity contribution is 0.102. The summed E-state index contributed by atoms with van der Waals surface area (Å²) in [6, 6.07) is 12.2. The van der Waals surface area contributed by atoms with Crippen molar-refractivity contribution in [3.63, 3.8) is 0 Å². The zero-order chi connectivity index (χ0) is 14.8. The van der Waals surface area contributed by atoms with E-state index in [9.17, 15) is 9.90 Å². The highest BCUT2D eigenvalue weighted by Gasteiger charge is 2.10. The number of nitrogens with one attached hydrogen (secondary N) is 1. The van der Waals surface area contributed by atoms with Gasteiger partial charge in [0.25, 0.3) is 5.91 Å². The number of anilines is 1. The molecule has 1 heterocycles. The Balaban J connectivity index is 1.94. The molecule has 5 heteroatoms. The average molecular weight is 343 g/mol. The van der Waals surface area contributed by atoms with E-state index in [1.54, 1.807) is 24.5 Å². The maximum Gasteiger partial charge on any atom is 0.255 e. The SMILES string of the molecule is O=C(Nc1cccc2ccncc12)c1ccc(Br)c(O)c1. The summed E-state index contributed by atoms with van der Waals surface area (Å²) in [5.41, 5.74) is 1.07. The first kappa shape index (κ1) is 13.6.